The van der Waals surface area contributed by atoms with Crippen LogP contribution in [0.4, 0.5) is 5.88 Å². The van der Waals surface area contributed by atoms with Gasteiger partial charge in [-0.3, -0.25) is 10.1 Å². The third kappa shape index (κ3) is 2.69. The van der Waals surface area contributed by atoms with Gasteiger partial charge in [0.2, 0.25) is 5.88 Å². The van der Waals surface area contributed by atoms with Gasteiger partial charge in [0.15, 0.2) is 0 Å². The highest BCUT2D eigenvalue weighted by Gasteiger charge is 2.21. The zero-order valence-electron chi connectivity index (χ0n) is 12.4. The third-order valence-corrected chi connectivity index (χ3v) is 3.30. The zero-order chi connectivity index (χ0) is 16.3. The van der Waals surface area contributed by atoms with Gasteiger partial charge in [0, 0.05) is 5.56 Å². The molecule has 1 aromatic carbocycles. The molecular formula is C16H14N2O4. The lowest BCUT2D eigenvalue weighted by Gasteiger charge is -2.07. The van der Waals surface area contributed by atoms with E-state index >= 15 is 0 Å². The van der Waals surface area contributed by atoms with Gasteiger partial charge < -0.3 is 9.15 Å². The SMILES string of the molecule is COC(=O)c1ccccc1C(=O)Nc1oc(C)c(C)c1C#N. The van der Waals surface area contributed by atoms with Gasteiger partial charge in [0.25, 0.3) is 5.91 Å². The quantitative estimate of drug-likeness (QED) is 0.879. The number of nitrogens with zero attached hydrogens (tertiary/aromatic N) is 1. The number of amides is 1. The molecule has 0 radical (unpaired) electrons. The number of methoxy groups -OCH3 is 1. The Balaban J connectivity index is 2.37. The summed E-state index contributed by atoms with van der Waals surface area (Å²) in [5, 5.41) is 11.7. The molecule has 0 aliphatic heterocycles. The number of nitrogens with one attached hydrogen (secondary N) is 1. The number of furan rings is 1. The number of ether oxygens (including phenoxy) is 1. The molecule has 1 N–H and O–H groups in total. The second-order valence-electron chi connectivity index (χ2n) is 4.59. The van der Waals surface area contributed by atoms with Gasteiger partial charge in [-0.2, -0.15) is 5.26 Å². The number of benzene rings is 1. The van der Waals surface area contributed by atoms with Crippen molar-refractivity contribution in [1.29, 1.82) is 5.26 Å². The molecule has 0 unspecified atom stereocenters. The van der Waals surface area contributed by atoms with E-state index in [1.807, 2.05) is 6.07 Å². The molecule has 0 saturated carbocycles. The molecular weight excluding hydrogens is 284 g/mol. The summed E-state index contributed by atoms with van der Waals surface area (Å²) in [6.07, 6.45) is 0. The lowest BCUT2D eigenvalue weighted by Crippen LogP contribution is -2.17. The normalized spacial score (nSPS) is 9.91. The van der Waals surface area contributed by atoms with E-state index in [2.05, 4.69) is 10.1 Å². The number of rotatable bonds is 3. The molecule has 0 aliphatic carbocycles. The average Bonchev–Trinajstić information content (AvgIpc) is 2.80. The number of aryl methyl sites for hydroxylation is 1. The van der Waals surface area contributed by atoms with E-state index in [9.17, 15) is 9.59 Å². The molecule has 0 spiro atoms. The van der Waals surface area contributed by atoms with Crippen molar-refractivity contribution < 1.29 is 18.7 Å². The van der Waals surface area contributed by atoms with Gasteiger partial charge in [-0.05, 0) is 26.0 Å². The van der Waals surface area contributed by atoms with Crippen molar-refractivity contribution in [2.75, 3.05) is 12.4 Å². The van der Waals surface area contributed by atoms with Crippen molar-refractivity contribution in [2.24, 2.45) is 0 Å². The Kier molecular flexibility index (Phi) is 4.28. The summed E-state index contributed by atoms with van der Waals surface area (Å²) in [5.74, 6) is -0.542. The van der Waals surface area contributed by atoms with Crippen LogP contribution in [0, 0.1) is 25.2 Å². The maximum atomic E-state index is 12.4. The van der Waals surface area contributed by atoms with Crippen LogP contribution in [-0.2, 0) is 4.74 Å². The number of nitriles is 1. The molecule has 0 atom stereocenters. The summed E-state index contributed by atoms with van der Waals surface area (Å²) in [5.41, 5.74) is 1.21. The molecule has 0 aliphatic rings. The van der Waals surface area contributed by atoms with Crippen LogP contribution >= 0.6 is 0 Å². The number of carbonyl (C=O) groups is 2. The smallest absolute Gasteiger partial charge is 0.338 e. The molecule has 0 saturated heterocycles. The van der Waals surface area contributed by atoms with Crippen LogP contribution in [0.5, 0.6) is 0 Å². The second-order valence-corrected chi connectivity index (χ2v) is 4.59. The van der Waals surface area contributed by atoms with Crippen molar-refractivity contribution in [3.05, 3.63) is 52.3 Å². The molecule has 6 nitrogen and oxygen atoms in total. The highest BCUT2D eigenvalue weighted by molar-refractivity contribution is 6.10. The Hall–Kier alpha value is -3.07. The molecule has 0 bridgehead atoms. The Morgan fingerprint density at radius 2 is 1.86 bits per heavy atom. The average molecular weight is 298 g/mol. The largest absolute Gasteiger partial charge is 0.465 e. The number of anilines is 1. The van der Waals surface area contributed by atoms with Crippen LogP contribution in [-0.4, -0.2) is 19.0 Å². The molecule has 112 valence electrons. The van der Waals surface area contributed by atoms with E-state index in [0.717, 1.165) is 0 Å². The third-order valence-electron chi connectivity index (χ3n) is 3.30. The number of carbonyl (C=O) groups excluding carboxylic acids is 2. The fraction of sp³-hybridized carbons (Fsp3) is 0.188. The van der Waals surface area contributed by atoms with Crippen LogP contribution < -0.4 is 5.32 Å². The summed E-state index contributed by atoms with van der Waals surface area (Å²) in [6, 6.07) is 8.24. The first-order valence-corrected chi connectivity index (χ1v) is 6.48. The van der Waals surface area contributed by atoms with Crippen molar-refractivity contribution in [3.8, 4) is 6.07 Å². The predicted octanol–water partition coefficient (Wildman–Crippen LogP) is 2.81. The van der Waals surface area contributed by atoms with Crippen LogP contribution in [0.15, 0.2) is 28.7 Å². The number of esters is 1. The van der Waals surface area contributed by atoms with Crippen LogP contribution in [0.2, 0.25) is 0 Å². The van der Waals surface area contributed by atoms with Gasteiger partial charge in [-0.25, -0.2) is 4.79 Å². The Morgan fingerprint density at radius 3 is 2.45 bits per heavy atom. The molecule has 2 rings (SSSR count). The molecule has 0 fully saturated rings. The van der Waals surface area contributed by atoms with E-state index in [1.165, 1.54) is 19.2 Å². The minimum Gasteiger partial charge on any atom is -0.465 e. The van der Waals surface area contributed by atoms with Gasteiger partial charge in [-0.15, -0.1) is 0 Å². The fourth-order valence-electron chi connectivity index (χ4n) is 1.99. The zero-order valence-corrected chi connectivity index (χ0v) is 12.4. The first kappa shape index (κ1) is 15.3. The van der Waals surface area contributed by atoms with E-state index in [-0.39, 0.29) is 22.6 Å². The minimum absolute atomic E-state index is 0.0715. The van der Waals surface area contributed by atoms with Crippen molar-refractivity contribution >= 4 is 17.8 Å². The van der Waals surface area contributed by atoms with Gasteiger partial charge in [0.1, 0.15) is 17.4 Å². The first-order valence-electron chi connectivity index (χ1n) is 6.48. The number of hydrogen-bond donors (Lipinski definition) is 1. The van der Waals surface area contributed by atoms with Crippen LogP contribution in [0.1, 0.15) is 37.6 Å². The molecule has 2 aromatic rings. The lowest BCUT2D eigenvalue weighted by atomic mass is 10.1. The van der Waals surface area contributed by atoms with Crippen molar-refractivity contribution in [1.82, 2.24) is 0 Å². The maximum Gasteiger partial charge on any atom is 0.338 e. The molecule has 1 amide bonds. The summed E-state index contributed by atoms with van der Waals surface area (Å²) < 4.78 is 10.0. The summed E-state index contributed by atoms with van der Waals surface area (Å²) in [4.78, 5) is 24.1. The predicted molar refractivity (Wildman–Crippen MR) is 78.6 cm³/mol. The Labute approximate surface area is 127 Å². The minimum atomic E-state index is -0.613. The van der Waals surface area contributed by atoms with Crippen molar-refractivity contribution in [3.63, 3.8) is 0 Å². The Morgan fingerprint density at radius 1 is 1.23 bits per heavy atom. The standard InChI is InChI=1S/C16H14N2O4/c1-9-10(2)22-15(13(9)8-17)18-14(19)11-6-4-5-7-12(11)16(20)21-3/h4-7H,1-3H3,(H,18,19). The fourth-order valence-corrected chi connectivity index (χ4v) is 1.99. The van der Waals surface area contributed by atoms with Crippen LogP contribution in [0.25, 0.3) is 0 Å². The molecule has 22 heavy (non-hydrogen) atoms. The van der Waals surface area contributed by atoms with Crippen molar-refractivity contribution in [2.45, 2.75) is 13.8 Å². The van der Waals surface area contributed by atoms with E-state index < -0.39 is 11.9 Å². The first-order chi connectivity index (χ1) is 10.5. The Bertz CT molecular complexity index is 784. The van der Waals surface area contributed by atoms with E-state index in [4.69, 9.17) is 9.68 Å². The van der Waals surface area contributed by atoms with Gasteiger partial charge in [0.05, 0.1) is 18.2 Å². The van der Waals surface area contributed by atoms with Gasteiger partial charge in [-0.1, -0.05) is 12.1 Å². The summed E-state index contributed by atoms with van der Waals surface area (Å²) in [6.45, 7) is 3.43. The topological polar surface area (TPSA) is 92.3 Å². The highest BCUT2D eigenvalue weighted by atomic mass is 16.5. The molecule has 1 aromatic heterocycles. The lowest BCUT2D eigenvalue weighted by molar-refractivity contribution is 0.0597. The molecule has 1 heterocycles. The maximum absolute atomic E-state index is 12.4. The monoisotopic (exact) mass is 298 g/mol. The van der Waals surface area contributed by atoms with Gasteiger partial charge >= 0.3 is 5.97 Å². The molecule has 6 heteroatoms. The highest BCUT2D eigenvalue weighted by Crippen LogP contribution is 2.26. The van der Waals surface area contributed by atoms with Crippen LogP contribution in [0.3, 0.4) is 0 Å². The second kappa shape index (κ2) is 6.14. The van der Waals surface area contributed by atoms with E-state index in [0.29, 0.717) is 11.3 Å². The number of hydrogen-bond acceptors (Lipinski definition) is 5. The van der Waals surface area contributed by atoms with E-state index in [1.54, 1.807) is 26.0 Å². The summed E-state index contributed by atoms with van der Waals surface area (Å²) in [7, 11) is 1.24. The summed E-state index contributed by atoms with van der Waals surface area (Å²) >= 11 is 0.